The average molecular weight is 231 g/mol. The van der Waals surface area contributed by atoms with Crippen molar-refractivity contribution in [2.45, 2.75) is 31.7 Å². The molecule has 90 valence electrons. The highest BCUT2D eigenvalue weighted by molar-refractivity contribution is 5.82. The van der Waals surface area contributed by atoms with Gasteiger partial charge in [0.2, 0.25) is 5.91 Å². The molecule has 2 aliphatic rings. The molecule has 1 aromatic carbocycles. The molecule has 3 heteroatoms. The number of amides is 1. The van der Waals surface area contributed by atoms with Crippen LogP contribution in [0.3, 0.4) is 0 Å². The van der Waals surface area contributed by atoms with Gasteiger partial charge < -0.3 is 10.1 Å². The molecule has 2 heterocycles. The first-order valence-electron chi connectivity index (χ1n) is 6.16. The maximum atomic E-state index is 11.7. The molecule has 1 amide bonds. The van der Waals surface area contributed by atoms with Gasteiger partial charge in [0.15, 0.2) is 0 Å². The Labute approximate surface area is 101 Å². The number of rotatable bonds is 0. The van der Waals surface area contributed by atoms with Gasteiger partial charge in [-0.1, -0.05) is 25.1 Å². The second-order valence-corrected chi connectivity index (χ2v) is 5.21. The Kier molecular flexibility index (Phi) is 2.18. The van der Waals surface area contributed by atoms with Crippen LogP contribution in [0.2, 0.25) is 0 Å². The van der Waals surface area contributed by atoms with Crippen LogP contribution in [0, 0.1) is 5.92 Å². The SMILES string of the molecule is CC1COc2ccccc2C12CC(=O)NC2C. The van der Waals surface area contributed by atoms with Gasteiger partial charge in [-0.05, 0) is 13.0 Å². The van der Waals surface area contributed by atoms with Crippen molar-refractivity contribution < 1.29 is 9.53 Å². The molecule has 3 atom stereocenters. The minimum atomic E-state index is -0.0913. The van der Waals surface area contributed by atoms with Crippen LogP contribution in [-0.4, -0.2) is 18.6 Å². The largest absolute Gasteiger partial charge is 0.493 e. The smallest absolute Gasteiger partial charge is 0.221 e. The summed E-state index contributed by atoms with van der Waals surface area (Å²) in [4.78, 5) is 11.7. The van der Waals surface area contributed by atoms with Gasteiger partial charge in [0, 0.05) is 29.4 Å². The lowest BCUT2D eigenvalue weighted by Gasteiger charge is -2.42. The first-order chi connectivity index (χ1) is 8.14. The van der Waals surface area contributed by atoms with E-state index in [9.17, 15) is 4.79 Å². The number of nitrogens with one attached hydrogen (secondary N) is 1. The molecular weight excluding hydrogens is 214 g/mol. The van der Waals surface area contributed by atoms with Crippen molar-refractivity contribution in [2.24, 2.45) is 5.92 Å². The van der Waals surface area contributed by atoms with Crippen LogP contribution >= 0.6 is 0 Å². The third-order valence-corrected chi connectivity index (χ3v) is 4.36. The van der Waals surface area contributed by atoms with Crippen molar-refractivity contribution in [1.82, 2.24) is 5.32 Å². The first-order valence-corrected chi connectivity index (χ1v) is 6.16. The minimum Gasteiger partial charge on any atom is -0.493 e. The Morgan fingerprint density at radius 3 is 2.82 bits per heavy atom. The Morgan fingerprint density at radius 2 is 2.12 bits per heavy atom. The van der Waals surface area contributed by atoms with Gasteiger partial charge in [-0.15, -0.1) is 0 Å². The second kappa shape index (κ2) is 3.49. The average Bonchev–Trinajstić information content (AvgIpc) is 2.61. The van der Waals surface area contributed by atoms with Crippen LogP contribution in [0.1, 0.15) is 25.8 Å². The van der Waals surface area contributed by atoms with E-state index in [-0.39, 0.29) is 17.4 Å². The van der Waals surface area contributed by atoms with E-state index in [1.807, 2.05) is 18.2 Å². The molecule has 1 fully saturated rings. The van der Waals surface area contributed by atoms with Gasteiger partial charge in [0.1, 0.15) is 5.75 Å². The molecule has 0 aliphatic carbocycles. The van der Waals surface area contributed by atoms with Gasteiger partial charge in [0.25, 0.3) is 0 Å². The minimum absolute atomic E-state index is 0.0913. The molecule has 3 nitrogen and oxygen atoms in total. The predicted octanol–water partition coefficient (Wildman–Crippen LogP) is 1.86. The van der Waals surface area contributed by atoms with E-state index in [0.717, 1.165) is 5.75 Å². The summed E-state index contributed by atoms with van der Waals surface area (Å²) in [5.41, 5.74) is 1.09. The standard InChI is InChI=1S/C14H17NO2/c1-9-8-17-12-6-4-3-5-11(12)14(9)7-13(16)15-10(14)2/h3-6,9-10H,7-8H2,1-2H3,(H,15,16). The van der Waals surface area contributed by atoms with Crippen molar-refractivity contribution in [2.75, 3.05) is 6.61 Å². The molecule has 3 rings (SSSR count). The van der Waals surface area contributed by atoms with E-state index >= 15 is 0 Å². The van der Waals surface area contributed by atoms with Gasteiger partial charge in [-0.3, -0.25) is 4.79 Å². The second-order valence-electron chi connectivity index (χ2n) is 5.21. The number of hydrogen-bond acceptors (Lipinski definition) is 2. The molecule has 0 saturated carbocycles. The molecule has 2 aliphatic heterocycles. The van der Waals surface area contributed by atoms with Crippen molar-refractivity contribution in [1.29, 1.82) is 0 Å². The van der Waals surface area contributed by atoms with Crippen molar-refractivity contribution in [3.63, 3.8) is 0 Å². The molecule has 3 unspecified atom stereocenters. The van der Waals surface area contributed by atoms with Crippen LogP contribution in [0.4, 0.5) is 0 Å². The summed E-state index contributed by atoms with van der Waals surface area (Å²) in [5.74, 6) is 1.45. The lowest BCUT2D eigenvalue weighted by molar-refractivity contribution is -0.119. The maximum Gasteiger partial charge on any atom is 0.221 e. The summed E-state index contributed by atoms with van der Waals surface area (Å²) >= 11 is 0. The van der Waals surface area contributed by atoms with Gasteiger partial charge in [0.05, 0.1) is 6.61 Å². The number of hydrogen-bond donors (Lipinski definition) is 1. The number of para-hydroxylation sites is 1. The highest BCUT2D eigenvalue weighted by atomic mass is 16.5. The summed E-state index contributed by atoms with van der Waals surface area (Å²) in [6.07, 6.45) is 0.579. The molecular formula is C14H17NO2. The third-order valence-electron chi connectivity index (χ3n) is 4.36. The van der Waals surface area contributed by atoms with E-state index in [2.05, 4.69) is 25.2 Å². The number of carbonyl (C=O) groups is 1. The molecule has 17 heavy (non-hydrogen) atoms. The topological polar surface area (TPSA) is 38.3 Å². The Morgan fingerprint density at radius 1 is 1.35 bits per heavy atom. The zero-order valence-corrected chi connectivity index (χ0v) is 10.2. The molecule has 1 saturated heterocycles. The highest BCUT2D eigenvalue weighted by Gasteiger charge is 2.52. The van der Waals surface area contributed by atoms with Crippen LogP contribution < -0.4 is 10.1 Å². The molecule has 0 bridgehead atoms. The molecule has 1 N–H and O–H groups in total. The van der Waals surface area contributed by atoms with Gasteiger partial charge in [-0.2, -0.15) is 0 Å². The summed E-state index contributed by atoms with van der Waals surface area (Å²) in [7, 11) is 0. The van der Waals surface area contributed by atoms with E-state index < -0.39 is 0 Å². The molecule has 0 aromatic heterocycles. The van der Waals surface area contributed by atoms with Crippen LogP contribution in [0.25, 0.3) is 0 Å². The van der Waals surface area contributed by atoms with E-state index in [0.29, 0.717) is 18.9 Å². The van der Waals surface area contributed by atoms with Crippen molar-refractivity contribution in [3.8, 4) is 5.75 Å². The lowest BCUT2D eigenvalue weighted by Crippen LogP contribution is -2.48. The molecule has 1 spiro atoms. The van der Waals surface area contributed by atoms with Crippen LogP contribution in [0.15, 0.2) is 24.3 Å². The Bertz CT molecular complexity index is 471. The fraction of sp³-hybridized carbons (Fsp3) is 0.500. The number of ether oxygens (including phenoxy) is 1. The maximum absolute atomic E-state index is 11.7. The highest BCUT2D eigenvalue weighted by Crippen LogP contribution is 2.48. The van der Waals surface area contributed by atoms with Crippen molar-refractivity contribution >= 4 is 5.91 Å². The molecule has 0 radical (unpaired) electrons. The molecule has 1 aromatic rings. The fourth-order valence-electron chi connectivity index (χ4n) is 3.38. The zero-order chi connectivity index (χ0) is 12.0. The number of carbonyl (C=O) groups excluding carboxylic acids is 1. The zero-order valence-electron chi connectivity index (χ0n) is 10.2. The third kappa shape index (κ3) is 1.31. The summed E-state index contributed by atoms with van der Waals surface area (Å²) in [6.45, 7) is 4.96. The van der Waals surface area contributed by atoms with E-state index in [1.165, 1.54) is 5.56 Å². The van der Waals surface area contributed by atoms with E-state index in [4.69, 9.17) is 4.74 Å². The monoisotopic (exact) mass is 231 g/mol. The lowest BCUT2D eigenvalue weighted by atomic mass is 9.65. The predicted molar refractivity (Wildman–Crippen MR) is 65.0 cm³/mol. The fourth-order valence-corrected chi connectivity index (χ4v) is 3.38. The number of fused-ring (bicyclic) bond motifs is 2. The number of benzene rings is 1. The van der Waals surface area contributed by atoms with Crippen molar-refractivity contribution in [3.05, 3.63) is 29.8 Å². The normalized spacial score (nSPS) is 35.3. The van der Waals surface area contributed by atoms with Gasteiger partial charge in [-0.25, -0.2) is 0 Å². The Balaban J connectivity index is 2.18. The summed E-state index contributed by atoms with van der Waals surface area (Å²) in [6, 6.07) is 8.28. The van der Waals surface area contributed by atoms with Crippen LogP contribution in [-0.2, 0) is 10.2 Å². The van der Waals surface area contributed by atoms with Crippen LogP contribution in [0.5, 0.6) is 5.75 Å². The summed E-state index contributed by atoms with van der Waals surface area (Å²) in [5, 5.41) is 3.05. The Hall–Kier alpha value is -1.51. The van der Waals surface area contributed by atoms with E-state index in [1.54, 1.807) is 0 Å². The first kappa shape index (κ1) is 10.6. The quantitative estimate of drug-likeness (QED) is 0.740. The van der Waals surface area contributed by atoms with Gasteiger partial charge >= 0.3 is 0 Å². The summed E-state index contributed by atoms with van der Waals surface area (Å²) < 4.78 is 5.77.